The molecule has 0 radical (unpaired) electrons. The molecular formula is C10H22N2S. The second-order valence-corrected chi connectivity index (χ2v) is 5.61. The molecule has 0 amide bonds. The van der Waals surface area contributed by atoms with Crippen LogP contribution in [0.3, 0.4) is 0 Å². The van der Waals surface area contributed by atoms with Crippen molar-refractivity contribution >= 4 is 11.8 Å². The zero-order valence-electron chi connectivity index (χ0n) is 9.05. The standard InChI is InChI=1S/C10H22N2S/c1-9(8-12(2)3)11-7-10-5-4-6-13-10/h9-11H,4-8H2,1-3H3. The molecule has 1 rings (SSSR count). The van der Waals surface area contributed by atoms with Gasteiger partial charge in [-0.15, -0.1) is 0 Å². The van der Waals surface area contributed by atoms with Crippen molar-refractivity contribution in [2.24, 2.45) is 0 Å². The number of nitrogens with one attached hydrogen (secondary N) is 1. The van der Waals surface area contributed by atoms with Crippen molar-refractivity contribution in [1.82, 2.24) is 10.2 Å². The van der Waals surface area contributed by atoms with E-state index < -0.39 is 0 Å². The maximum absolute atomic E-state index is 3.59. The molecule has 0 aromatic rings. The van der Waals surface area contributed by atoms with Crippen LogP contribution in [0, 0.1) is 0 Å². The zero-order chi connectivity index (χ0) is 9.68. The van der Waals surface area contributed by atoms with Crippen LogP contribution in [0.25, 0.3) is 0 Å². The number of hydrogen-bond acceptors (Lipinski definition) is 3. The van der Waals surface area contributed by atoms with Gasteiger partial charge in [-0.05, 0) is 39.6 Å². The van der Waals surface area contributed by atoms with Gasteiger partial charge < -0.3 is 10.2 Å². The maximum Gasteiger partial charge on any atom is 0.0172 e. The Morgan fingerprint density at radius 2 is 2.31 bits per heavy atom. The minimum atomic E-state index is 0.621. The van der Waals surface area contributed by atoms with E-state index >= 15 is 0 Å². The fourth-order valence-corrected chi connectivity index (χ4v) is 2.96. The Kier molecular flexibility index (Phi) is 5.14. The van der Waals surface area contributed by atoms with Crippen molar-refractivity contribution in [2.75, 3.05) is 32.9 Å². The first-order chi connectivity index (χ1) is 6.18. The number of hydrogen-bond donors (Lipinski definition) is 1. The molecule has 13 heavy (non-hydrogen) atoms. The van der Waals surface area contributed by atoms with Gasteiger partial charge in [-0.3, -0.25) is 0 Å². The first-order valence-electron chi connectivity index (χ1n) is 5.18. The highest BCUT2D eigenvalue weighted by atomic mass is 32.2. The lowest BCUT2D eigenvalue weighted by Gasteiger charge is -2.20. The molecule has 3 heteroatoms. The molecule has 1 saturated heterocycles. The van der Waals surface area contributed by atoms with Crippen LogP contribution in [0.5, 0.6) is 0 Å². The second kappa shape index (κ2) is 5.89. The summed E-state index contributed by atoms with van der Waals surface area (Å²) in [7, 11) is 4.25. The molecule has 1 fully saturated rings. The molecule has 1 aliphatic rings. The van der Waals surface area contributed by atoms with E-state index in [1.807, 2.05) is 0 Å². The summed E-state index contributed by atoms with van der Waals surface area (Å²) >= 11 is 2.13. The summed E-state index contributed by atoms with van der Waals surface area (Å²) < 4.78 is 0. The molecule has 2 nitrogen and oxygen atoms in total. The lowest BCUT2D eigenvalue weighted by atomic mass is 10.2. The van der Waals surface area contributed by atoms with Crippen LogP contribution >= 0.6 is 11.8 Å². The average Bonchev–Trinajstić information content (AvgIpc) is 2.51. The fraction of sp³-hybridized carbons (Fsp3) is 1.00. The molecule has 0 spiro atoms. The van der Waals surface area contributed by atoms with E-state index in [-0.39, 0.29) is 0 Å². The molecule has 1 aliphatic heterocycles. The summed E-state index contributed by atoms with van der Waals surface area (Å²) in [5.74, 6) is 1.37. The summed E-state index contributed by atoms with van der Waals surface area (Å²) in [5.41, 5.74) is 0. The first kappa shape index (κ1) is 11.3. The van der Waals surface area contributed by atoms with Gasteiger partial charge in [0.05, 0.1) is 0 Å². The number of likely N-dealkylation sites (N-methyl/N-ethyl adjacent to an activating group) is 1. The predicted octanol–water partition coefficient (Wildman–Crippen LogP) is 1.42. The second-order valence-electron chi connectivity index (χ2n) is 4.21. The molecule has 1 heterocycles. The van der Waals surface area contributed by atoms with Crippen LogP contribution in [0.15, 0.2) is 0 Å². The van der Waals surface area contributed by atoms with Crippen LogP contribution in [0.4, 0.5) is 0 Å². The average molecular weight is 202 g/mol. The Hall–Kier alpha value is 0.270. The van der Waals surface area contributed by atoms with Gasteiger partial charge in [0.25, 0.3) is 0 Å². The number of thioether (sulfide) groups is 1. The van der Waals surface area contributed by atoms with Gasteiger partial charge in [-0.2, -0.15) is 11.8 Å². The third kappa shape index (κ3) is 4.89. The Morgan fingerprint density at radius 3 is 2.85 bits per heavy atom. The van der Waals surface area contributed by atoms with Crippen LogP contribution < -0.4 is 5.32 Å². The summed E-state index contributed by atoms with van der Waals surface area (Å²) in [6.07, 6.45) is 2.82. The summed E-state index contributed by atoms with van der Waals surface area (Å²) in [6.45, 7) is 4.59. The molecule has 2 unspecified atom stereocenters. The van der Waals surface area contributed by atoms with E-state index in [9.17, 15) is 0 Å². The highest BCUT2D eigenvalue weighted by Crippen LogP contribution is 2.25. The lowest BCUT2D eigenvalue weighted by Crippen LogP contribution is -2.38. The monoisotopic (exact) mass is 202 g/mol. The maximum atomic E-state index is 3.59. The SMILES string of the molecule is CC(CN(C)C)NCC1CCCS1. The smallest absolute Gasteiger partial charge is 0.0172 e. The van der Waals surface area contributed by atoms with Crippen LogP contribution in [-0.4, -0.2) is 49.1 Å². The van der Waals surface area contributed by atoms with E-state index in [1.165, 1.54) is 25.1 Å². The Labute approximate surface area is 86.5 Å². The molecular weight excluding hydrogens is 180 g/mol. The van der Waals surface area contributed by atoms with Gasteiger partial charge in [-0.1, -0.05) is 0 Å². The predicted molar refractivity (Wildman–Crippen MR) is 61.5 cm³/mol. The molecule has 0 aromatic heterocycles. The quantitative estimate of drug-likeness (QED) is 0.726. The summed E-state index contributed by atoms with van der Waals surface area (Å²) in [4.78, 5) is 2.24. The molecule has 0 bridgehead atoms. The molecule has 0 aromatic carbocycles. The van der Waals surface area contributed by atoms with Crippen molar-refractivity contribution < 1.29 is 0 Å². The largest absolute Gasteiger partial charge is 0.312 e. The van der Waals surface area contributed by atoms with E-state index in [2.05, 4.69) is 43.0 Å². The van der Waals surface area contributed by atoms with Gasteiger partial charge >= 0.3 is 0 Å². The Morgan fingerprint density at radius 1 is 1.54 bits per heavy atom. The highest BCUT2D eigenvalue weighted by molar-refractivity contribution is 8.00. The minimum absolute atomic E-state index is 0.621. The fourth-order valence-electron chi connectivity index (χ4n) is 1.75. The lowest BCUT2D eigenvalue weighted by molar-refractivity contribution is 0.350. The normalized spacial score (nSPS) is 25.4. The van der Waals surface area contributed by atoms with E-state index in [0.29, 0.717) is 6.04 Å². The molecule has 2 atom stereocenters. The molecule has 78 valence electrons. The first-order valence-corrected chi connectivity index (χ1v) is 6.23. The third-order valence-electron chi connectivity index (χ3n) is 2.36. The summed E-state index contributed by atoms with van der Waals surface area (Å²) in [5, 5.41) is 4.47. The van der Waals surface area contributed by atoms with Gasteiger partial charge in [0.1, 0.15) is 0 Å². The van der Waals surface area contributed by atoms with Gasteiger partial charge in [0.2, 0.25) is 0 Å². The van der Waals surface area contributed by atoms with Crippen LogP contribution in [0.1, 0.15) is 19.8 Å². The van der Waals surface area contributed by atoms with Crippen LogP contribution in [0.2, 0.25) is 0 Å². The third-order valence-corrected chi connectivity index (χ3v) is 3.76. The number of nitrogens with zero attached hydrogens (tertiary/aromatic N) is 1. The Bertz CT molecular complexity index is 133. The Balaban J connectivity index is 2.03. The van der Waals surface area contributed by atoms with Gasteiger partial charge in [0, 0.05) is 24.4 Å². The molecule has 0 saturated carbocycles. The minimum Gasteiger partial charge on any atom is -0.312 e. The topological polar surface area (TPSA) is 15.3 Å². The van der Waals surface area contributed by atoms with Crippen LogP contribution in [-0.2, 0) is 0 Å². The highest BCUT2D eigenvalue weighted by Gasteiger charge is 2.15. The van der Waals surface area contributed by atoms with E-state index in [1.54, 1.807) is 0 Å². The van der Waals surface area contributed by atoms with E-state index in [0.717, 1.165) is 11.8 Å². The van der Waals surface area contributed by atoms with E-state index in [4.69, 9.17) is 0 Å². The zero-order valence-corrected chi connectivity index (χ0v) is 9.86. The van der Waals surface area contributed by atoms with Crippen molar-refractivity contribution in [3.8, 4) is 0 Å². The molecule has 0 aliphatic carbocycles. The van der Waals surface area contributed by atoms with Gasteiger partial charge in [-0.25, -0.2) is 0 Å². The summed E-state index contributed by atoms with van der Waals surface area (Å²) in [6, 6.07) is 0.621. The molecule has 1 N–H and O–H groups in total. The van der Waals surface area contributed by atoms with Crippen molar-refractivity contribution in [1.29, 1.82) is 0 Å². The van der Waals surface area contributed by atoms with Crippen molar-refractivity contribution in [2.45, 2.75) is 31.1 Å². The van der Waals surface area contributed by atoms with Gasteiger partial charge in [0.15, 0.2) is 0 Å². The van der Waals surface area contributed by atoms with Crippen molar-refractivity contribution in [3.05, 3.63) is 0 Å². The van der Waals surface area contributed by atoms with Crippen molar-refractivity contribution in [3.63, 3.8) is 0 Å². The number of rotatable bonds is 5.